The van der Waals surface area contributed by atoms with E-state index in [1.165, 1.54) is 25.7 Å². The van der Waals surface area contributed by atoms with Gasteiger partial charge in [-0.15, -0.1) is 0 Å². The highest BCUT2D eigenvalue weighted by Gasteiger charge is 2.34. The lowest BCUT2D eigenvalue weighted by atomic mass is 9.73. The highest BCUT2D eigenvalue weighted by molar-refractivity contribution is 5.78. The van der Waals surface area contributed by atoms with Crippen molar-refractivity contribution in [3.05, 3.63) is 35.6 Å². The van der Waals surface area contributed by atoms with Crippen molar-refractivity contribution in [2.45, 2.75) is 25.2 Å². The lowest BCUT2D eigenvalue weighted by molar-refractivity contribution is -0.144. The Morgan fingerprint density at radius 2 is 2.00 bits per heavy atom. The topological polar surface area (TPSA) is 26.3 Å². The van der Waals surface area contributed by atoms with Crippen molar-refractivity contribution in [2.24, 2.45) is 5.92 Å². The zero-order chi connectivity index (χ0) is 11.5. The van der Waals surface area contributed by atoms with Crippen molar-refractivity contribution in [3.63, 3.8) is 0 Å². The fourth-order valence-corrected chi connectivity index (χ4v) is 2.17. The Labute approximate surface area is 94.4 Å². The van der Waals surface area contributed by atoms with Crippen LogP contribution in [0.25, 0.3) is 0 Å². The Balaban J connectivity index is 2.23. The molecule has 1 fully saturated rings. The van der Waals surface area contributed by atoms with Crippen molar-refractivity contribution in [1.82, 2.24) is 0 Å². The molecule has 2 rings (SSSR count). The van der Waals surface area contributed by atoms with E-state index in [0.717, 1.165) is 18.4 Å². The summed E-state index contributed by atoms with van der Waals surface area (Å²) in [6.45, 7) is 0. The Morgan fingerprint density at radius 1 is 1.38 bits per heavy atom. The van der Waals surface area contributed by atoms with E-state index in [9.17, 15) is 9.18 Å². The molecule has 1 atom stereocenters. The van der Waals surface area contributed by atoms with Crippen LogP contribution in [0.3, 0.4) is 0 Å². The molecule has 0 amide bonds. The SMILES string of the molecule is COC(=O)C(c1ccc(F)cc1)C1CCC1. The first-order chi connectivity index (χ1) is 7.72. The minimum atomic E-state index is -0.277. The van der Waals surface area contributed by atoms with Crippen molar-refractivity contribution >= 4 is 5.97 Å². The normalized spacial score (nSPS) is 17.6. The van der Waals surface area contributed by atoms with Crippen molar-refractivity contribution in [1.29, 1.82) is 0 Å². The number of ether oxygens (including phenoxy) is 1. The van der Waals surface area contributed by atoms with Crippen LogP contribution in [0.5, 0.6) is 0 Å². The quantitative estimate of drug-likeness (QED) is 0.735. The van der Waals surface area contributed by atoms with Gasteiger partial charge in [-0.05, 0) is 36.5 Å². The molecule has 0 aliphatic heterocycles. The average Bonchev–Trinajstić information content (AvgIpc) is 2.24. The van der Waals surface area contributed by atoms with Gasteiger partial charge in [-0.1, -0.05) is 18.6 Å². The smallest absolute Gasteiger partial charge is 0.313 e. The lowest BCUT2D eigenvalue weighted by Crippen LogP contribution is -2.27. The number of hydrogen-bond acceptors (Lipinski definition) is 2. The highest BCUT2D eigenvalue weighted by atomic mass is 19.1. The zero-order valence-corrected chi connectivity index (χ0v) is 9.28. The van der Waals surface area contributed by atoms with Crippen LogP contribution in [0.15, 0.2) is 24.3 Å². The third-order valence-electron chi connectivity index (χ3n) is 3.31. The molecule has 0 saturated heterocycles. The molecular formula is C13H15FO2. The molecule has 86 valence electrons. The van der Waals surface area contributed by atoms with E-state index >= 15 is 0 Å². The molecule has 0 radical (unpaired) electrons. The number of carbonyl (C=O) groups excluding carboxylic acids is 1. The van der Waals surface area contributed by atoms with Crippen LogP contribution in [-0.4, -0.2) is 13.1 Å². The maximum atomic E-state index is 12.8. The van der Waals surface area contributed by atoms with Gasteiger partial charge in [0.15, 0.2) is 0 Å². The van der Waals surface area contributed by atoms with Crippen molar-refractivity contribution < 1.29 is 13.9 Å². The number of halogens is 1. The fourth-order valence-electron chi connectivity index (χ4n) is 2.17. The molecule has 1 aliphatic rings. The average molecular weight is 222 g/mol. The molecular weight excluding hydrogens is 207 g/mol. The van der Waals surface area contributed by atoms with E-state index in [-0.39, 0.29) is 17.7 Å². The predicted octanol–water partition coefficient (Wildman–Crippen LogP) is 2.88. The molecule has 0 spiro atoms. The van der Waals surface area contributed by atoms with E-state index in [0.29, 0.717) is 5.92 Å². The summed E-state index contributed by atoms with van der Waals surface area (Å²) < 4.78 is 17.6. The van der Waals surface area contributed by atoms with E-state index in [2.05, 4.69) is 0 Å². The van der Waals surface area contributed by atoms with Gasteiger partial charge in [-0.3, -0.25) is 4.79 Å². The summed E-state index contributed by atoms with van der Waals surface area (Å²) in [4.78, 5) is 11.7. The number of esters is 1. The van der Waals surface area contributed by atoms with Gasteiger partial charge in [-0.2, -0.15) is 0 Å². The van der Waals surface area contributed by atoms with Gasteiger partial charge in [0.25, 0.3) is 0 Å². The second-order valence-electron chi connectivity index (χ2n) is 4.24. The number of carbonyl (C=O) groups is 1. The Kier molecular flexibility index (Phi) is 3.22. The fraction of sp³-hybridized carbons (Fsp3) is 0.462. The molecule has 2 nitrogen and oxygen atoms in total. The zero-order valence-electron chi connectivity index (χ0n) is 9.28. The lowest BCUT2D eigenvalue weighted by Gasteiger charge is -2.32. The van der Waals surface area contributed by atoms with Gasteiger partial charge in [0.05, 0.1) is 13.0 Å². The van der Waals surface area contributed by atoms with Gasteiger partial charge < -0.3 is 4.74 Å². The molecule has 1 aromatic carbocycles. The van der Waals surface area contributed by atoms with Crippen LogP contribution in [0, 0.1) is 11.7 Å². The number of rotatable bonds is 3. The maximum absolute atomic E-state index is 12.8. The van der Waals surface area contributed by atoms with Crippen LogP contribution in [-0.2, 0) is 9.53 Å². The molecule has 0 heterocycles. The number of benzene rings is 1. The third kappa shape index (κ3) is 2.08. The molecule has 3 heteroatoms. The summed E-state index contributed by atoms with van der Waals surface area (Å²) in [5.41, 5.74) is 0.859. The second-order valence-corrected chi connectivity index (χ2v) is 4.24. The largest absolute Gasteiger partial charge is 0.469 e. The summed E-state index contributed by atoms with van der Waals surface area (Å²) in [5, 5.41) is 0. The van der Waals surface area contributed by atoms with Gasteiger partial charge in [0.2, 0.25) is 0 Å². The molecule has 1 unspecified atom stereocenters. The molecule has 16 heavy (non-hydrogen) atoms. The van der Waals surface area contributed by atoms with Crippen LogP contribution in [0.1, 0.15) is 30.7 Å². The molecule has 1 saturated carbocycles. The van der Waals surface area contributed by atoms with Gasteiger partial charge in [0, 0.05) is 0 Å². The summed E-state index contributed by atoms with van der Waals surface area (Å²) in [7, 11) is 1.40. The van der Waals surface area contributed by atoms with Gasteiger partial charge in [0.1, 0.15) is 5.82 Å². The van der Waals surface area contributed by atoms with Crippen molar-refractivity contribution in [2.75, 3.05) is 7.11 Å². The first-order valence-corrected chi connectivity index (χ1v) is 5.55. The summed E-state index contributed by atoms with van der Waals surface area (Å²) in [5.74, 6) is -0.352. The van der Waals surface area contributed by atoms with Crippen LogP contribution < -0.4 is 0 Å². The second kappa shape index (κ2) is 4.64. The predicted molar refractivity (Wildman–Crippen MR) is 58.5 cm³/mol. The van der Waals surface area contributed by atoms with Crippen LogP contribution >= 0.6 is 0 Å². The monoisotopic (exact) mass is 222 g/mol. The van der Waals surface area contributed by atoms with Gasteiger partial charge in [-0.25, -0.2) is 4.39 Å². The first kappa shape index (κ1) is 11.1. The van der Waals surface area contributed by atoms with E-state index in [1.807, 2.05) is 0 Å². The summed E-state index contributed by atoms with van der Waals surface area (Å²) in [6.07, 6.45) is 3.27. The minimum absolute atomic E-state index is 0.212. The summed E-state index contributed by atoms with van der Waals surface area (Å²) in [6, 6.07) is 6.14. The molecule has 0 aromatic heterocycles. The van der Waals surface area contributed by atoms with Crippen LogP contribution in [0.2, 0.25) is 0 Å². The molecule has 1 aliphatic carbocycles. The summed E-state index contributed by atoms with van der Waals surface area (Å²) >= 11 is 0. The number of hydrogen-bond donors (Lipinski definition) is 0. The van der Waals surface area contributed by atoms with Gasteiger partial charge >= 0.3 is 5.97 Å². The Hall–Kier alpha value is -1.38. The molecule has 1 aromatic rings. The van der Waals surface area contributed by atoms with E-state index in [1.54, 1.807) is 12.1 Å². The highest BCUT2D eigenvalue weighted by Crippen LogP contribution is 2.39. The Morgan fingerprint density at radius 3 is 2.44 bits per heavy atom. The van der Waals surface area contributed by atoms with Crippen LogP contribution in [0.4, 0.5) is 4.39 Å². The Bertz CT molecular complexity index is 368. The van der Waals surface area contributed by atoms with Crippen molar-refractivity contribution in [3.8, 4) is 0 Å². The van der Waals surface area contributed by atoms with E-state index in [4.69, 9.17) is 4.74 Å². The molecule has 0 bridgehead atoms. The first-order valence-electron chi connectivity index (χ1n) is 5.55. The minimum Gasteiger partial charge on any atom is -0.469 e. The molecule has 0 N–H and O–H groups in total. The number of methoxy groups -OCH3 is 1. The van der Waals surface area contributed by atoms with E-state index < -0.39 is 0 Å². The maximum Gasteiger partial charge on any atom is 0.313 e. The third-order valence-corrected chi connectivity index (χ3v) is 3.31. The standard InChI is InChI=1S/C13H15FO2/c1-16-13(15)12(9-3-2-4-9)10-5-7-11(14)8-6-10/h5-9,12H,2-4H2,1H3.